The predicted octanol–water partition coefficient (Wildman–Crippen LogP) is 4.17. The van der Waals surface area contributed by atoms with Crippen molar-refractivity contribution in [1.82, 2.24) is 9.88 Å². The van der Waals surface area contributed by atoms with Crippen molar-refractivity contribution in [3.8, 4) is 22.8 Å². The van der Waals surface area contributed by atoms with Crippen molar-refractivity contribution >= 4 is 17.2 Å². The molecule has 0 unspecified atom stereocenters. The molecular weight excluding hydrogens is 428 g/mol. The Balaban J connectivity index is 1.27. The summed E-state index contributed by atoms with van der Waals surface area (Å²) in [5.41, 5.74) is 2.69. The monoisotopic (exact) mass is 452 g/mol. The number of rotatable bonds is 3. The fraction of sp³-hybridized carbons (Fsp3) is 0.375. The summed E-state index contributed by atoms with van der Waals surface area (Å²) in [6.07, 6.45) is 1.71. The minimum atomic E-state index is -0.423. The molecule has 0 aliphatic carbocycles. The van der Waals surface area contributed by atoms with E-state index in [2.05, 4.69) is 5.38 Å². The second kappa shape index (κ2) is 8.43. The van der Waals surface area contributed by atoms with Gasteiger partial charge in [0.2, 0.25) is 0 Å². The fourth-order valence-corrected chi connectivity index (χ4v) is 5.38. The van der Waals surface area contributed by atoms with Gasteiger partial charge in [0.05, 0.1) is 16.3 Å². The summed E-state index contributed by atoms with van der Waals surface area (Å²) < 4.78 is 16.4. The van der Waals surface area contributed by atoms with E-state index in [1.165, 1.54) is 6.07 Å². The molecule has 2 aliphatic heterocycles. The Morgan fingerprint density at radius 1 is 1.09 bits per heavy atom. The molecule has 0 radical (unpaired) electrons. The number of carbonyl (C=O) groups excluding carboxylic acids is 1. The standard InChI is InChI=1S/C24H24N2O5S/c1-14-11-21(27)31-15(2)22(14)24(28)26-7-5-16(6-8-26)23-25-18(13-32-23)17-3-4-19-20(12-17)30-10-9-29-19/h3-4,11-13,16H,5-10H2,1-2H3. The molecule has 32 heavy (non-hydrogen) atoms. The van der Waals surface area contributed by atoms with E-state index in [0.717, 1.165) is 40.6 Å². The van der Waals surface area contributed by atoms with Crippen molar-refractivity contribution in [3.63, 3.8) is 0 Å². The summed E-state index contributed by atoms with van der Waals surface area (Å²) in [4.78, 5) is 31.3. The number of aryl methyl sites for hydroxylation is 2. The summed E-state index contributed by atoms with van der Waals surface area (Å²) in [6.45, 7) is 5.89. The number of likely N-dealkylation sites (tertiary alicyclic amines) is 1. The minimum Gasteiger partial charge on any atom is -0.486 e. The molecule has 3 aromatic rings. The summed E-state index contributed by atoms with van der Waals surface area (Å²) in [5, 5.41) is 3.18. The first-order chi connectivity index (χ1) is 15.5. The number of hydrogen-bond acceptors (Lipinski definition) is 7. The minimum absolute atomic E-state index is 0.0710. The first-order valence-electron chi connectivity index (χ1n) is 10.8. The van der Waals surface area contributed by atoms with Crippen LogP contribution in [0.5, 0.6) is 11.5 Å². The first-order valence-corrected chi connectivity index (χ1v) is 11.6. The fourth-order valence-electron chi connectivity index (χ4n) is 4.38. The number of hydrogen-bond donors (Lipinski definition) is 0. The van der Waals surface area contributed by atoms with Gasteiger partial charge in [-0.1, -0.05) is 0 Å². The van der Waals surface area contributed by atoms with Crippen LogP contribution >= 0.6 is 11.3 Å². The number of benzene rings is 1. The average Bonchev–Trinajstić information content (AvgIpc) is 3.28. The number of carbonyl (C=O) groups is 1. The van der Waals surface area contributed by atoms with Crippen LogP contribution < -0.4 is 15.1 Å². The number of aromatic nitrogens is 1. The van der Waals surface area contributed by atoms with Crippen molar-refractivity contribution in [3.05, 3.63) is 62.0 Å². The third-order valence-electron chi connectivity index (χ3n) is 6.04. The van der Waals surface area contributed by atoms with Crippen LogP contribution in [0.2, 0.25) is 0 Å². The highest BCUT2D eigenvalue weighted by molar-refractivity contribution is 7.10. The Labute approximate surface area is 189 Å². The van der Waals surface area contributed by atoms with Gasteiger partial charge in [0.25, 0.3) is 5.91 Å². The number of ether oxygens (including phenoxy) is 2. The van der Waals surface area contributed by atoms with Crippen LogP contribution in [0.15, 0.2) is 38.9 Å². The van der Waals surface area contributed by atoms with E-state index in [1.807, 2.05) is 23.1 Å². The second-order valence-electron chi connectivity index (χ2n) is 8.18. The molecule has 0 saturated carbocycles. The van der Waals surface area contributed by atoms with E-state index in [4.69, 9.17) is 18.9 Å². The van der Waals surface area contributed by atoms with Gasteiger partial charge in [0.15, 0.2) is 11.5 Å². The van der Waals surface area contributed by atoms with Crippen LogP contribution in [0.3, 0.4) is 0 Å². The topological polar surface area (TPSA) is 81.9 Å². The van der Waals surface area contributed by atoms with E-state index in [-0.39, 0.29) is 5.91 Å². The van der Waals surface area contributed by atoms with E-state index in [9.17, 15) is 9.59 Å². The van der Waals surface area contributed by atoms with E-state index >= 15 is 0 Å². The molecule has 7 nitrogen and oxygen atoms in total. The maximum atomic E-state index is 13.0. The van der Waals surface area contributed by atoms with Gasteiger partial charge in [-0.05, 0) is 50.5 Å². The smallest absolute Gasteiger partial charge is 0.336 e. The lowest BCUT2D eigenvalue weighted by Crippen LogP contribution is -2.38. The van der Waals surface area contributed by atoms with Crippen molar-refractivity contribution in [1.29, 1.82) is 0 Å². The zero-order valence-electron chi connectivity index (χ0n) is 18.1. The molecule has 1 saturated heterocycles. The Hall–Kier alpha value is -3.13. The predicted molar refractivity (Wildman–Crippen MR) is 121 cm³/mol. The van der Waals surface area contributed by atoms with E-state index < -0.39 is 5.63 Å². The van der Waals surface area contributed by atoms with Gasteiger partial charge in [-0.3, -0.25) is 4.79 Å². The van der Waals surface area contributed by atoms with Gasteiger partial charge in [-0.2, -0.15) is 0 Å². The third kappa shape index (κ3) is 3.90. The Kier molecular flexibility index (Phi) is 5.46. The molecule has 0 spiro atoms. The van der Waals surface area contributed by atoms with Crippen LogP contribution in [0.4, 0.5) is 0 Å². The summed E-state index contributed by atoms with van der Waals surface area (Å²) in [7, 11) is 0. The van der Waals surface area contributed by atoms with E-state index in [0.29, 0.717) is 49.1 Å². The molecule has 1 aromatic carbocycles. The zero-order valence-corrected chi connectivity index (χ0v) is 18.9. The van der Waals surface area contributed by atoms with Gasteiger partial charge < -0.3 is 18.8 Å². The van der Waals surface area contributed by atoms with Crippen LogP contribution in [-0.2, 0) is 0 Å². The molecule has 1 amide bonds. The first kappa shape index (κ1) is 20.8. The number of nitrogens with zero attached hydrogens (tertiary/aromatic N) is 2. The summed E-state index contributed by atoms with van der Waals surface area (Å²) in [6, 6.07) is 7.30. The molecule has 1 fully saturated rings. The molecule has 2 aromatic heterocycles. The average molecular weight is 453 g/mol. The van der Waals surface area contributed by atoms with Gasteiger partial charge in [-0.15, -0.1) is 11.3 Å². The summed E-state index contributed by atoms with van der Waals surface area (Å²) >= 11 is 1.66. The van der Waals surface area contributed by atoms with Crippen molar-refractivity contribution < 1.29 is 18.7 Å². The van der Waals surface area contributed by atoms with E-state index in [1.54, 1.807) is 25.2 Å². The maximum Gasteiger partial charge on any atom is 0.336 e. The number of amides is 1. The lowest BCUT2D eigenvalue weighted by Gasteiger charge is -2.31. The van der Waals surface area contributed by atoms with Crippen molar-refractivity contribution in [2.45, 2.75) is 32.6 Å². The largest absolute Gasteiger partial charge is 0.486 e. The zero-order chi connectivity index (χ0) is 22.2. The van der Waals surface area contributed by atoms with Gasteiger partial charge in [0.1, 0.15) is 19.0 Å². The lowest BCUT2D eigenvalue weighted by atomic mass is 9.96. The van der Waals surface area contributed by atoms with Gasteiger partial charge in [0, 0.05) is 36.0 Å². The Morgan fingerprint density at radius 2 is 1.84 bits per heavy atom. The van der Waals surface area contributed by atoms with Crippen LogP contribution in [0.25, 0.3) is 11.3 Å². The van der Waals surface area contributed by atoms with Crippen LogP contribution in [0.1, 0.15) is 45.4 Å². The second-order valence-corrected chi connectivity index (χ2v) is 9.07. The Bertz CT molecular complexity index is 1200. The maximum absolute atomic E-state index is 13.0. The molecule has 8 heteroatoms. The molecule has 2 aliphatic rings. The molecule has 166 valence electrons. The normalized spacial score (nSPS) is 16.2. The van der Waals surface area contributed by atoms with Crippen LogP contribution in [-0.4, -0.2) is 42.1 Å². The number of thiazole rings is 1. The highest BCUT2D eigenvalue weighted by Crippen LogP contribution is 2.37. The molecule has 0 bridgehead atoms. The molecule has 4 heterocycles. The highest BCUT2D eigenvalue weighted by Gasteiger charge is 2.28. The number of fused-ring (bicyclic) bond motifs is 1. The number of piperidine rings is 1. The van der Waals surface area contributed by atoms with Crippen molar-refractivity contribution in [2.24, 2.45) is 0 Å². The van der Waals surface area contributed by atoms with Gasteiger partial charge in [-0.25, -0.2) is 9.78 Å². The quantitative estimate of drug-likeness (QED) is 0.593. The third-order valence-corrected chi connectivity index (χ3v) is 7.05. The molecule has 5 rings (SSSR count). The SMILES string of the molecule is Cc1cc(=O)oc(C)c1C(=O)N1CCC(c2nc(-c3ccc4c(c3)OCCO4)cs2)CC1. The molecule has 0 N–H and O–H groups in total. The Morgan fingerprint density at radius 3 is 2.59 bits per heavy atom. The highest BCUT2D eigenvalue weighted by atomic mass is 32.1. The summed E-state index contributed by atoms with van der Waals surface area (Å²) in [5.74, 6) is 2.17. The van der Waals surface area contributed by atoms with Gasteiger partial charge >= 0.3 is 5.63 Å². The lowest BCUT2D eigenvalue weighted by molar-refractivity contribution is 0.0708. The molecular formula is C24H24N2O5S. The molecule has 0 atom stereocenters. The van der Waals surface area contributed by atoms with Crippen molar-refractivity contribution in [2.75, 3.05) is 26.3 Å². The van der Waals surface area contributed by atoms with Crippen LogP contribution in [0, 0.1) is 13.8 Å².